The Balaban J connectivity index is 2.46. The van der Waals surface area contributed by atoms with E-state index < -0.39 is 0 Å². The number of aromatic nitrogens is 1. The van der Waals surface area contributed by atoms with Crippen LogP contribution in [0.1, 0.15) is 30.2 Å². The van der Waals surface area contributed by atoms with Gasteiger partial charge in [-0.25, -0.2) is 4.79 Å². The van der Waals surface area contributed by atoms with Gasteiger partial charge in [-0.1, -0.05) is 12.1 Å². The van der Waals surface area contributed by atoms with E-state index in [1.807, 2.05) is 24.3 Å². The van der Waals surface area contributed by atoms with Crippen molar-refractivity contribution in [2.75, 3.05) is 7.11 Å². The zero-order chi connectivity index (χ0) is 15.1. The van der Waals surface area contributed by atoms with Crippen LogP contribution >= 0.6 is 0 Å². The van der Waals surface area contributed by atoms with Gasteiger partial charge in [0.2, 0.25) is 0 Å². The number of carbonyl (C=O) groups excluding carboxylic acids is 1. The predicted molar refractivity (Wildman–Crippen MR) is 82.8 cm³/mol. The molecule has 2 aromatic carbocycles. The van der Waals surface area contributed by atoms with Crippen molar-refractivity contribution < 1.29 is 14.6 Å². The molecule has 3 rings (SSSR count). The van der Waals surface area contributed by atoms with Crippen molar-refractivity contribution >= 4 is 27.8 Å². The van der Waals surface area contributed by atoms with Crippen LogP contribution in [0.5, 0.6) is 5.75 Å². The summed E-state index contributed by atoms with van der Waals surface area (Å²) in [5.74, 6) is -0.107. The Morgan fingerprint density at radius 1 is 1.19 bits per heavy atom. The smallest absolute Gasteiger partial charge is 0.337 e. The Morgan fingerprint density at radius 2 is 1.95 bits per heavy atom. The quantitative estimate of drug-likeness (QED) is 0.726. The van der Waals surface area contributed by atoms with E-state index in [-0.39, 0.29) is 17.8 Å². The maximum absolute atomic E-state index is 11.7. The second kappa shape index (κ2) is 4.81. The number of hydrogen-bond donors (Lipinski definition) is 1. The average molecular weight is 283 g/mol. The number of ether oxygens (including phenoxy) is 1. The highest BCUT2D eigenvalue weighted by atomic mass is 16.5. The van der Waals surface area contributed by atoms with Crippen LogP contribution in [0.15, 0.2) is 36.4 Å². The minimum Gasteiger partial charge on any atom is -0.507 e. The lowest BCUT2D eigenvalue weighted by Crippen LogP contribution is -2.03. The molecule has 0 aliphatic heterocycles. The lowest BCUT2D eigenvalue weighted by atomic mass is 10.1. The van der Waals surface area contributed by atoms with Crippen LogP contribution in [0.4, 0.5) is 0 Å². The van der Waals surface area contributed by atoms with Crippen molar-refractivity contribution in [3.63, 3.8) is 0 Å². The van der Waals surface area contributed by atoms with Crippen LogP contribution < -0.4 is 0 Å². The molecule has 4 nitrogen and oxygen atoms in total. The van der Waals surface area contributed by atoms with Crippen LogP contribution in [0, 0.1) is 0 Å². The number of nitrogens with zero attached hydrogens (tertiary/aromatic N) is 1. The lowest BCUT2D eigenvalue weighted by molar-refractivity contribution is 0.0601. The largest absolute Gasteiger partial charge is 0.507 e. The second-order valence-electron chi connectivity index (χ2n) is 5.36. The summed E-state index contributed by atoms with van der Waals surface area (Å²) in [5.41, 5.74) is 2.39. The molecule has 0 fully saturated rings. The fourth-order valence-electron chi connectivity index (χ4n) is 2.88. The number of benzene rings is 2. The fourth-order valence-corrected chi connectivity index (χ4v) is 2.88. The summed E-state index contributed by atoms with van der Waals surface area (Å²) in [4.78, 5) is 11.7. The Hall–Kier alpha value is -2.49. The average Bonchev–Trinajstić information content (AvgIpc) is 2.80. The van der Waals surface area contributed by atoms with Gasteiger partial charge in [-0.05, 0) is 38.1 Å². The summed E-state index contributed by atoms with van der Waals surface area (Å²) in [7, 11) is 1.37. The number of carbonyl (C=O) groups is 1. The fraction of sp³-hybridized carbons (Fsp3) is 0.235. The molecule has 0 aliphatic carbocycles. The third kappa shape index (κ3) is 1.95. The SMILES string of the molecule is COC(=O)c1ccc2c3c(O)cccc3n(C(C)C)c2c1. The molecular formula is C17H17NO3. The molecule has 3 aromatic rings. The van der Waals surface area contributed by atoms with Crippen LogP contribution in [0.25, 0.3) is 21.8 Å². The van der Waals surface area contributed by atoms with E-state index in [2.05, 4.69) is 18.4 Å². The molecule has 0 unspecified atom stereocenters. The number of hydrogen-bond acceptors (Lipinski definition) is 3. The lowest BCUT2D eigenvalue weighted by Gasteiger charge is -2.11. The van der Waals surface area contributed by atoms with E-state index in [1.54, 1.807) is 12.1 Å². The maximum atomic E-state index is 11.7. The molecule has 108 valence electrons. The second-order valence-corrected chi connectivity index (χ2v) is 5.36. The van der Waals surface area contributed by atoms with Gasteiger partial charge in [0.1, 0.15) is 5.75 Å². The topological polar surface area (TPSA) is 51.5 Å². The molecular weight excluding hydrogens is 266 g/mol. The van der Waals surface area contributed by atoms with E-state index in [4.69, 9.17) is 4.74 Å². The van der Waals surface area contributed by atoms with Gasteiger partial charge in [0.15, 0.2) is 0 Å². The summed E-state index contributed by atoms with van der Waals surface area (Å²) in [6.07, 6.45) is 0. The van der Waals surface area contributed by atoms with Gasteiger partial charge in [0, 0.05) is 16.8 Å². The van der Waals surface area contributed by atoms with Crippen molar-refractivity contribution in [1.29, 1.82) is 0 Å². The molecule has 0 saturated carbocycles. The van der Waals surface area contributed by atoms with Crippen molar-refractivity contribution in [2.45, 2.75) is 19.9 Å². The van der Waals surface area contributed by atoms with Gasteiger partial charge < -0.3 is 14.4 Å². The maximum Gasteiger partial charge on any atom is 0.337 e. The van der Waals surface area contributed by atoms with Gasteiger partial charge >= 0.3 is 5.97 Å². The van der Waals surface area contributed by atoms with Gasteiger partial charge in [0.25, 0.3) is 0 Å². The number of esters is 1. The van der Waals surface area contributed by atoms with Crippen LogP contribution in [-0.2, 0) is 4.74 Å². The van der Waals surface area contributed by atoms with Crippen LogP contribution in [0.3, 0.4) is 0 Å². The summed E-state index contributed by atoms with van der Waals surface area (Å²) in [6, 6.07) is 11.1. The first-order valence-electron chi connectivity index (χ1n) is 6.88. The predicted octanol–water partition coefficient (Wildman–Crippen LogP) is 3.87. The van der Waals surface area contributed by atoms with Crippen LogP contribution in [0.2, 0.25) is 0 Å². The Kier molecular flexibility index (Phi) is 3.09. The highest BCUT2D eigenvalue weighted by molar-refractivity contribution is 6.12. The summed E-state index contributed by atoms with van der Waals surface area (Å²) < 4.78 is 6.91. The van der Waals surface area contributed by atoms with E-state index >= 15 is 0 Å². The summed E-state index contributed by atoms with van der Waals surface area (Å²) >= 11 is 0. The van der Waals surface area contributed by atoms with Gasteiger partial charge in [-0.15, -0.1) is 0 Å². The number of rotatable bonds is 2. The highest BCUT2D eigenvalue weighted by Crippen LogP contribution is 2.37. The Morgan fingerprint density at radius 3 is 2.62 bits per heavy atom. The Labute approximate surface area is 122 Å². The molecule has 0 atom stereocenters. The summed E-state index contributed by atoms with van der Waals surface area (Å²) in [6.45, 7) is 4.15. The molecule has 1 aromatic heterocycles. The molecule has 1 heterocycles. The molecule has 0 aliphatic rings. The van der Waals surface area contributed by atoms with Crippen molar-refractivity contribution in [2.24, 2.45) is 0 Å². The van der Waals surface area contributed by atoms with Crippen molar-refractivity contribution in [3.05, 3.63) is 42.0 Å². The molecule has 4 heteroatoms. The normalized spacial score (nSPS) is 11.4. The van der Waals surface area contributed by atoms with Gasteiger partial charge in [-0.2, -0.15) is 0 Å². The number of fused-ring (bicyclic) bond motifs is 3. The molecule has 21 heavy (non-hydrogen) atoms. The molecule has 0 saturated heterocycles. The minimum absolute atomic E-state index is 0.208. The number of methoxy groups -OCH3 is 1. The van der Waals surface area contributed by atoms with E-state index in [9.17, 15) is 9.90 Å². The standard InChI is InChI=1S/C17H17NO3/c1-10(2)18-13-5-4-6-15(19)16(13)12-8-7-11(9-14(12)18)17(20)21-3/h4-10,19H,1-3H3. The number of phenols is 1. The van der Waals surface area contributed by atoms with Crippen molar-refractivity contribution in [1.82, 2.24) is 4.57 Å². The van der Waals surface area contributed by atoms with Gasteiger partial charge in [-0.3, -0.25) is 0 Å². The number of aromatic hydroxyl groups is 1. The van der Waals surface area contributed by atoms with Crippen LogP contribution in [-0.4, -0.2) is 22.8 Å². The van der Waals surface area contributed by atoms with E-state index in [0.29, 0.717) is 5.56 Å². The third-order valence-corrected chi connectivity index (χ3v) is 3.74. The molecule has 0 spiro atoms. The first-order chi connectivity index (χ1) is 10.0. The first-order valence-corrected chi connectivity index (χ1v) is 6.88. The number of phenolic OH excluding ortho intramolecular Hbond substituents is 1. The Bertz CT molecular complexity index is 846. The highest BCUT2D eigenvalue weighted by Gasteiger charge is 2.17. The van der Waals surface area contributed by atoms with E-state index in [0.717, 1.165) is 21.8 Å². The zero-order valence-electron chi connectivity index (χ0n) is 12.3. The minimum atomic E-state index is -0.360. The molecule has 0 amide bonds. The van der Waals surface area contributed by atoms with Crippen molar-refractivity contribution in [3.8, 4) is 5.75 Å². The molecule has 0 bridgehead atoms. The molecule has 1 N–H and O–H groups in total. The van der Waals surface area contributed by atoms with Gasteiger partial charge in [0.05, 0.1) is 23.7 Å². The monoisotopic (exact) mass is 283 g/mol. The van der Waals surface area contributed by atoms with E-state index in [1.165, 1.54) is 7.11 Å². The third-order valence-electron chi connectivity index (χ3n) is 3.74. The summed E-state index contributed by atoms with van der Waals surface area (Å²) in [5, 5.41) is 11.9. The molecule has 0 radical (unpaired) electrons. The first kappa shape index (κ1) is 13.5. The zero-order valence-corrected chi connectivity index (χ0v) is 12.3.